The van der Waals surface area contributed by atoms with Gasteiger partial charge in [-0.15, -0.1) is 0 Å². The van der Waals surface area contributed by atoms with Crippen molar-refractivity contribution in [3.63, 3.8) is 0 Å². The zero-order valence-electron chi connectivity index (χ0n) is 16.3. The van der Waals surface area contributed by atoms with Crippen LogP contribution in [0.2, 0.25) is 5.02 Å². The molecule has 4 rings (SSSR count). The Balaban J connectivity index is 1.69. The van der Waals surface area contributed by atoms with E-state index in [0.29, 0.717) is 10.7 Å². The number of fused-ring (bicyclic) bond motifs is 1. The molecule has 4 aromatic rings. The van der Waals surface area contributed by atoms with Crippen molar-refractivity contribution in [2.24, 2.45) is 7.05 Å². The first kappa shape index (κ1) is 20.9. The Hall–Kier alpha value is -3.33. The minimum atomic E-state index is -3.88. The number of aryl methyl sites for hydroxylation is 1. The molecular weight excluding hydrogens is 438 g/mol. The molecule has 158 valence electrons. The number of sulfonamides is 1. The summed E-state index contributed by atoms with van der Waals surface area (Å²) in [5.41, 5.74) is 4.92. The predicted molar refractivity (Wildman–Crippen MR) is 120 cm³/mol. The molecule has 3 aromatic carbocycles. The second-order valence-electron chi connectivity index (χ2n) is 6.96. The van der Waals surface area contributed by atoms with Crippen molar-refractivity contribution in [3.05, 3.63) is 83.5 Å². The molecular formula is C22H18ClN3O4S. The number of carbonyl (C=O) groups is 1. The molecule has 0 atom stereocenters. The number of amides is 1. The minimum Gasteiger partial charge on any atom is -0.350 e. The van der Waals surface area contributed by atoms with Crippen LogP contribution < -0.4 is 10.2 Å². The largest absolute Gasteiger partial charge is 0.350 e. The highest BCUT2D eigenvalue weighted by Crippen LogP contribution is 2.33. The highest BCUT2D eigenvalue weighted by Gasteiger charge is 2.17. The second kappa shape index (κ2) is 8.07. The number of nitrogens with zero attached hydrogens (tertiary/aromatic N) is 1. The van der Waals surface area contributed by atoms with E-state index in [9.17, 15) is 13.2 Å². The number of benzene rings is 3. The molecule has 0 unspecified atom stereocenters. The highest BCUT2D eigenvalue weighted by atomic mass is 35.5. The Kier molecular flexibility index (Phi) is 5.45. The van der Waals surface area contributed by atoms with Crippen LogP contribution >= 0.6 is 11.6 Å². The summed E-state index contributed by atoms with van der Waals surface area (Å²) >= 11 is 6.00. The number of rotatable bonds is 5. The molecule has 0 saturated heterocycles. The van der Waals surface area contributed by atoms with E-state index in [1.165, 1.54) is 29.7 Å². The van der Waals surface area contributed by atoms with E-state index in [2.05, 4.69) is 4.72 Å². The average Bonchev–Trinajstić information content (AvgIpc) is 3.09. The lowest BCUT2D eigenvalue weighted by Crippen LogP contribution is -2.19. The fourth-order valence-electron chi connectivity index (χ4n) is 3.38. The second-order valence-corrected chi connectivity index (χ2v) is 9.08. The van der Waals surface area contributed by atoms with Crippen molar-refractivity contribution >= 4 is 44.1 Å². The van der Waals surface area contributed by atoms with Crippen molar-refractivity contribution in [1.29, 1.82) is 0 Å². The molecule has 0 saturated carbocycles. The quantitative estimate of drug-likeness (QED) is 0.306. The smallest absolute Gasteiger partial charge is 0.274 e. The number of carbonyl (C=O) groups excluding carboxylic acids is 1. The SMILES string of the molecule is Cn1cc(-c2ccc(Cl)cc2)c2cc(NS(=O)(=O)c3ccc(C(=O)NO)cc3)ccc21. The van der Waals surface area contributed by atoms with Gasteiger partial charge >= 0.3 is 0 Å². The normalized spacial score (nSPS) is 11.5. The van der Waals surface area contributed by atoms with Crippen molar-refractivity contribution in [1.82, 2.24) is 10.0 Å². The minimum absolute atomic E-state index is 0.00641. The number of hydrogen-bond donors (Lipinski definition) is 3. The van der Waals surface area contributed by atoms with Crippen molar-refractivity contribution in [2.75, 3.05) is 4.72 Å². The molecule has 3 N–H and O–H groups in total. The Morgan fingerprint density at radius 3 is 2.32 bits per heavy atom. The third kappa shape index (κ3) is 4.13. The fourth-order valence-corrected chi connectivity index (χ4v) is 4.55. The number of nitrogens with one attached hydrogen (secondary N) is 2. The van der Waals surface area contributed by atoms with Crippen LogP contribution in [-0.4, -0.2) is 24.1 Å². The van der Waals surface area contributed by atoms with Crippen LogP contribution in [0.4, 0.5) is 5.69 Å². The lowest BCUT2D eigenvalue weighted by atomic mass is 10.0. The zero-order chi connectivity index (χ0) is 22.2. The van der Waals surface area contributed by atoms with Crippen LogP contribution in [0.15, 0.2) is 77.8 Å². The van der Waals surface area contributed by atoms with Gasteiger partial charge in [-0.1, -0.05) is 23.7 Å². The van der Waals surface area contributed by atoms with Crippen LogP contribution in [0.5, 0.6) is 0 Å². The molecule has 31 heavy (non-hydrogen) atoms. The molecule has 0 bridgehead atoms. The third-order valence-corrected chi connectivity index (χ3v) is 6.57. The zero-order valence-corrected chi connectivity index (χ0v) is 17.9. The molecule has 9 heteroatoms. The highest BCUT2D eigenvalue weighted by molar-refractivity contribution is 7.92. The maximum Gasteiger partial charge on any atom is 0.274 e. The van der Waals surface area contributed by atoms with Gasteiger partial charge in [0.2, 0.25) is 0 Å². The maximum atomic E-state index is 12.8. The molecule has 0 radical (unpaired) electrons. The van der Waals surface area contributed by atoms with Crippen LogP contribution in [0.25, 0.3) is 22.0 Å². The Morgan fingerprint density at radius 2 is 1.68 bits per heavy atom. The van der Waals surface area contributed by atoms with Gasteiger partial charge < -0.3 is 4.57 Å². The molecule has 1 amide bonds. The summed E-state index contributed by atoms with van der Waals surface area (Å²) in [5.74, 6) is -0.721. The molecule has 0 fully saturated rings. The van der Waals surface area contributed by atoms with Gasteiger partial charge in [0, 0.05) is 46.0 Å². The monoisotopic (exact) mass is 455 g/mol. The summed E-state index contributed by atoms with van der Waals surface area (Å²) < 4.78 is 30.2. The number of halogens is 1. The summed E-state index contributed by atoms with van der Waals surface area (Å²) in [5, 5.41) is 10.2. The number of aromatic nitrogens is 1. The fraction of sp³-hybridized carbons (Fsp3) is 0.0455. The average molecular weight is 456 g/mol. The Labute approximate surface area is 183 Å². The third-order valence-electron chi connectivity index (χ3n) is 4.93. The van der Waals surface area contributed by atoms with Crippen molar-refractivity contribution < 1.29 is 18.4 Å². The molecule has 0 spiro atoms. The summed E-state index contributed by atoms with van der Waals surface area (Å²) in [6, 6.07) is 18.0. The number of anilines is 1. The summed E-state index contributed by atoms with van der Waals surface area (Å²) in [6.07, 6.45) is 1.98. The molecule has 0 aliphatic carbocycles. The molecule has 1 heterocycles. The van der Waals surface area contributed by atoms with Gasteiger partial charge in [-0.05, 0) is 60.2 Å². The molecule has 0 aliphatic heterocycles. The van der Waals surface area contributed by atoms with Gasteiger partial charge in [-0.25, -0.2) is 13.9 Å². The summed E-state index contributed by atoms with van der Waals surface area (Å²) in [6.45, 7) is 0. The van der Waals surface area contributed by atoms with Gasteiger partial charge in [0.25, 0.3) is 15.9 Å². The van der Waals surface area contributed by atoms with E-state index in [-0.39, 0.29) is 10.5 Å². The Bertz CT molecular complexity index is 1380. The van der Waals surface area contributed by atoms with E-state index in [1.54, 1.807) is 12.1 Å². The van der Waals surface area contributed by atoms with E-state index in [0.717, 1.165) is 22.0 Å². The van der Waals surface area contributed by atoms with E-state index in [4.69, 9.17) is 16.8 Å². The van der Waals surface area contributed by atoms with Crippen LogP contribution in [0.3, 0.4) is 0 Å². The molecule has 1 aromatic heterocycles. The van der Waals surface area contributed by atoms with Gasteiger partial charge in [-0.2, -0.15) is 0 Å². The van der Waals surface area contributed by atoms with E-state index < -0.39 is 15.9 Å². The maximum absolute atomic E-state index is 12.8. The summed E-state index contributed by atoms with van der Waals surface area (Å²) in [7, 11) is -1.95. The standard InChI is InChI=1S/C22H18ClN3O4S/c1-26-13-20(14-2-6-16(23)7-3-14)19-12-17(8-11-21(19)26)25-31(29,30)18-9-4-15(5-10-18)22(27)24-28/h2-13,25,28H,1H3,(H,24,27). The lowest BCUT2D eigenvalue weighted by molar-refractivity contribution is 0.0706. The first-order chi connectivity index (χ1) is 14.8. The first-order valence-corrected chi connectivity index (χ1v) is 11.1. The van der Waals surface area contributed by atoms with E-state index >= 15 is 0 Å². The first-order valence-electron chi connectivity index (χ1n) is 9.21. The van der Waals surface area contributed by atoms with Crippen molar-refractivity contribution in [2.45, 2.75) is 4.90 Å². The van der Waals surface area contributed by atoms with Crippen LogP contribution in [0.1, 0.15) is 10.4 Å². The van der Waals surface area contributed by atoms with Gasteiger partial charge in [-0.3, -0.25) is 14.7 Å². The number of hydrogen-bond acceptors (Lipinski definition) is 4. The van der Waals surface area contributed by atoms with Gasteiger partial charge in [0.1, 0.15) is 0 Å². The summed E-state index contributed by atoms with van der Waals surface area (Å²) in [4.78, 5) is 11.4. The van der Waals surface area contributed by atoms with Gasteiger partial charge in [0.15, 0.2) is 0 Å². The lowest BCUT2D eigenvalue weighted by Gasteiger charge is -2.10. The topological polar surface area (TPSA) is 100 Å². The van der Waals surface area contributed by atoms with Crippen LogP contribution in [0, 0.1) is 0 Å². The molecule has 0 aliphatic rings. The predicted octanol–water partition coefficient (Wildman–Crippen LogP) is 4.42. The van der Waals surface area contributed by atoms with Crippen molar-refractivity contribution in [3.8, 4) is 11.1 Å². The number of hydroxylamine groups is 1. The molecule has 7 nitrogen and oxygen atoms in total. The van der Waals surface area contributed by atoms with E-state index in [1.807, 2.05) is 48.1 Å². The van der Waals surface area contributed by atoms with Gasteiger partial charge in [0.05, 0.1) is 4.90 Å². The van der Waals surface area contributed by atoms with Crippen LogP contribution in [-0.2, 0) is 17.1 Å². The Morgan fingerprint density at radius 1 is 1.00 bits per heavy atom.